The molecule has 2 rings (SSSR count). The molecule has 1 heterocycles. The Kier molecular flexibility index (Phi) is 4.17. The lowest BCUT2D eigenvalue weighted by Crippen LogP contribution is -2.09. The fraction of sp³-hybridized carbons (Fsp3) is 0.231. The molecule has 1 aromatic carbocycles. The highest BCUT2D eigenvalue weighted by Gasteiger charge is 2.16. The minimum absolute atomic E-state index is 0.137. The normalized spacial score (nSPS) is 10.3. The van der Waals surface area contributed by atoms with Gasteiger partial charge in [-0.15, -0.1) is 0 Å². The molecular formula is C13H13N3O5. The number of carboxylic acid groups (broad SMARTS) is 1. The van der Waals surface area contributed by atoms with Gasteiger partial charge in [0.25, 0.3) is 0 Å². The molecule has 0 saturated heterocycles. The second kappa shape index (κ2) is 6.04. The first kappa shape index (κ1) is 14.5. The van der Waals surface area contributed by atoms with E-state index < -0.39 is 10.9 Å². The lowest BCUT2D eigenvalue weighted by molar-refractivity contribution is -0.390. The van der Waals surface area contributed by atoms with E-state index in [1.54, 1.807) is 25.3 Å². The maximum atomic E-state index is 10.8. The fourth-order valence-corrected chi connectivity index (χ4v) is 1.78. The molecule has 21 heavy (non-hydrogen) atoms. The van der Waals surface area contributed by atoms with Crippen LogP contribution in [0.3, 0.4) is 0 Å². The number of nitro groups is 1. The molecule has 2 aromatic rings. The minimum atomic E-state index is -1.03. The van der Waals surface area contributed by atoms with Gasteiger partial charge in [-0.05, 0) is 30.0 Å². The van der Waals surface area contributed by atoms with Crippen LogP contribution in [-0.4, -0.2) is 32.4 Å². The van der Waals surface area contributed by atoms with Gasteiger partial charge >= 0.3 is 11.8 Å². The van der Waals surface area contributed by atoms with Crippen molar-refractivity contribution >= 4 is 11.8 Å². The molecule has 0 atom stereocenters. The number of hydrogen-bond acceptors (Lipinski definition) is 5. The summed E-state index contributed by atoms with van der Waals surface area (Å²) in [6, 6.07) is 6.11. The Morgan fingerprint density at radius 3 is 2.90 bits per heavy atom. The first-order valence-corrected chi connectivity index (χ1v) is 6.12. The second-order valence-electron chi connectivity index (χ2n) is 4.34. The zero-order chi connectivity index (χ0) is 15.4. The highest BCUT2D eigenvalue weighted by molar-refractivity contribution is 5.87. The maximum Gasteiger partial charge on any atom is 0.392 e. The van der Waals surface area contributed by atoms with Crippen LogP contribution in [0.4, 0.5) is 5.82 Å². The first-order valence-electron chi connectivity index (χ1n) is 6.12. The Balaban J connectivity index is 1.95. The van der Waals surface area contributed by atoms with E-state index in [9.17, 15) is 14.9 Å². The third kappa shape index (κ3) is 3.56. The van der Waals surface area contributed by atoms with Gasteiger partial charge in [-0.2, -0.15) is 4.68 Å². The van der Waals surface area contributed by atoms with Gasteiger partial charge in [0.2, 0.25) is 0 Å². The van der Waals surface area contributed by atoms with Crippen LogP contribution in [0, 0.1) is 17.0 Å². The van der Waals surface area contributed by atoms with Crippen LogP contribution in [-0.2, 0) is 6.54 Å². The Hall–Kier alpha value is -2.90. The van der Waals surface area contributed by atoms with Crippen LogP contribution in [0.1, 0.15) is 15.9 Å². The van der Waals surface area contributed by atoms with Gasteiger partial charge in [0.1, 0.15) is 12.4 Å². The van der Waals surface area contributed by atoms with Crippen molar-refractivity contribution in [3.63, 3.8) is 0 Å². The van der Waals surface area contributed by atoms with Crippen LogP contribution >= 0.6 is 0 Å². The van der Waals surface area contributed by atoms with E-state index in [0.717, 1.165) is 0 Å². The number of rotatable bonds is 6. The molecular weight excluding hydrogens is 278 g/mol. The Morgan fingerprint density at radius 2 is 2.29 bits per heavy atom. The molecule has 0 unspecified atom stereocenters. The molecule has 1 N–H and O–H groups in total. The fourth-order valence-electron chi connectivity index (χ4n) is 1.78. The van der Waals surface area contributed by atoms with E-state index >= 15 is 0 Å². The van der Waals surface area contributed by atoms with Crippen molar-refractivity contribution in [2.45, 2.75) is 13.5 Å². The van der Waals surface area contributed by atoms with E-state index in [1.807, 2.05) is 0 Å². The molecule has 0 bridgehead atoms. The van der Waals surface area contributed by atoms with Crippen molar-refractivity contribution in [2.75, 3.05) is 6.61 Å². The molecule has 0 spiro atoms. The lowest BCUT2D eigenvalue weighted by Gasteiger charge is -2.05. The largest absolute Gasteiger partial charge is 0.492 e. The summed E-state index contributed by atoms with van der Waals surface area (Å²) in [6.07, 6.45) is 1.56. The van der Waals surface area contributed by atoms with Crippen LogP contribution in [0.15, 0.2) is 30.5 Å². The van der Waals surface area contributed by atoms with Crippen LogP contribution in [0.5, 0.6) is 5.75 Å². The predicted molar refractivity (Wildman–Crippen MR) is 72.5 cm³/mol. The minimum Gasteiger partial charge on any atom is -0.492 e. The van der Waals surface area contributed by atoms with E-state index in [1.165, 1.54) is 16.8 Å². The first-order chi connectivity index (χ1) is 9.97. The van der Waals surface area contributed by atoms with Crippen molar-refractivity contribution in [2.24, 2.45) is 0 Å². The number of carbonyl (C=O) groups is 1. The van der Waals surface area contributed by atoms with Crippen molar-refractivity contribution in [1.29, 1.82) is 0 Å². The van der Waals surface area contributed by atoms with E-state index in [2.05, 4.69) is 5.10 Å². The molecule has 0 amide bonds. The highest BCUT2D eigenvalue weighted by atomic mass is 16.6. The number of hydrogen-bond donors (Lipinski definition) is 1. The SMILES string of the molecule is Cc1cn(CCOc2cccc(C(=O)O)c2)nc1[N+](=O)[O-]. The molecule has 0 fully saturated rings. The summed E-state index contributed by atoms with van der Waals surface area (Å²) in [4.78, 5) is 21.0. The highest BCUT2D eigenvalue weighted by Crippen LogP contribution is 2.15. The summed E-state index contributed by atoms with van der Waals surface area (Å²) in [5, 5.41) is 23.4. The summed E-state index contributed by atoms with van der Waals surface area (Å²) in [5.41, 5.74) is 0.617. The van der Waals surface area contributed by atoms with Crippen molar-refractivity contribution < 1.29 is 19.6 Å². The number of carboxylic acids is 1. The standard InChI is InChI=1S/C13H13N3O5/c1-9-8-15(14-12(9)16(19)20)5-6-21-11-4-2-3-10(7-11)13(17)18/h2-4,7-8H,5-6H2,1H3,(H,17,18). The molecule has 0 aliphatic carbocycles. The second-order valence-corrected chi connectivity index (χ2v) is 4.34. The van der Waals surface area contributed by atoms with Crippen LogP contribution in [0.2, 0.25) is 0 Å². The molecule has 0 radical (unpaired) electrons. The van der Waals surface area contributed by atoms with Gasteiger partial charge in [-0.1, -0.05) is 6.07 Å². The third-order valence-electron chi connectivity index (χ3n) is 2.76. The maximum absolute atomic E-state index is 10.8. The number of ether oxygens (including phenoxy) is 1. The van der Waals surface area contributed by atoms with Crippen LogP contribution in [0.25, 0.3) is 0 Å². The van der Waals surface area contributed by atoms with Crippen molar-refractivity contribution in [1.82, 2.24) is 9.78 Å². The monoisotopic (exact) mass is 291 g/mol. The number of benzene rings is 1. The van der Waals surface area contributed by atoms with Crippen LogP contribution < -0.4 is 4.74 Å². The lowest BCUT2D eigenvalue weighted by atomic mass is 10.2. The Labute approximate surface area is 119 Å². The summed E-state index contributed by atoms with van der Waals surface area (Å²) in [6.45, 7) is 2.16. The quantitative estimate of drug-likeness (QED) is 0.643. The smallest absolute Gasteiger partial charge is 0.392 e. The molecule has 8 nitrogen and oxygen atoms in total. The zero-order valence-corrected chi connectivity index (χ0v) is 11.2. The Bertz CT molecular complexity index is 680. The average molecular weight is 291 g/mol. The topological polar surface area (TPSA) is 107 Å². The number of aryl methyl sites for hydroxylation is 1. The third-order valence-corrected chi connectivity index (χ3v) is 2.76. The van der Waals surface area contributed by atoms with Gasteiger partial charge in [0.05, 0.1) is 29.0 Å². The molecule has 1 aromatic heterocycles. The van der Waals surface area contributed by atoms with Gasteiger partial charge in [0.15, 0.2) is 0 Å². The number of aromatic carboxylic acids is 1. The molecule has 110 valence electrons. The van der Waals surface area contributed by atoms with Gasteiger partial charge < -0.3 is 20.0 Å². The van der Waals surface area contributed by atoms with Gasteiger partial charge in [-0.25, -0.2) is 4.79 Å². The summed E-state index contributed by atoms with van der Waals surface area (Å²) < 4.78 is 6.84. The summed E-state index contributed by atoms with van der Waals surface area (Å²) in [5.74, 6) is -0.782. The molecule has 0 aliphatic rings. The van der Waals surface area contributed by atoms with E-state index in [0.29, 0.717) is 17.9 Å². The molecule has 0 aliphatic heterocycles. The van der Waals surface area contributed by atoms with E-state index in [-0.39, 0.29) is 18.0 Å². The van der Waals surface area contributed by atoms with E-state index in [4.69, 9.17) is 9.84 Å². The van der Waals surface area contributed by atoms with Gasteiger partial charge in [-0.3, -0.25) is 0 Å². The predicted octanol–water partition coefficient (Wildman–Crippen LogP) is 1.88. The summed E-state index contributed by atoms with van der Waals surface area (Å²) in [7, 11) is 0. The number of aromatic nitrogens is 2. The number of nitrogens with zero attached hydrogens (tertiary/aromatic N) is 3. The summed E-state index contributed by atoms with van der Waals surface area (Å²) >= 11 is 0. The molecule has 0 saturated carbocycles. The molecule has 8 heteroatoms. The van der Waals surface area contributed by atoms with Crippen molar-refractivity contribution in [3.05, 3.63) is 51.7 Å². The zero-order valence-electron chi connectivity index (χ0n) is 11.2. The van der Waals surface area contributed by atoms with Crippen molar-refractivity contribution in [3.8, 4) is 5.75 Å². The average Bonchev–Trinajstić information content (AvgIpc) is 2.80. The van der Waals surface area contributed by atoms with Gasteiger partial charge in [0, 0.05) is 0 Å². The Morgan fingerprint density at radius 1 is 1.52 bits per heavy atom.